The molecule has 0 radical (unpaired) electrons. The van der Waals surface area contributed by atoms with Gasteiger partial charge in [-0.2, -0.15) is 0 Å². The van der Waals surface area contributed by atoms with Crippen LogP contribution in [0.4, 0.5) is 0 Å². The predicted molar refractivity (Wildman–Crippen MR) is 67.4 cm³/mol. The van der Waals surface area contributed by atoms with Gasteiger partial charge >= 0.3 is 0 Å². The molecule has 0 bridgehead atoms. The van der Waals surface area contributed by atoms with Crippen LogP contribution in [0.3, 0.4) is 0 Å². The molecule has 1 atom stereocenters. The molecule has 4 nitrogen and oxygen atoms in total. The van der Waals surface area contributed by atoms with Gasteiger partial charge in [0.05, 0.1) is 13.7 Å². The summed E-state index contributed by atoms with van der Waals surface area (Å²) in [5.41, 5.74) is 7.03. The van der Waals surface area contributed by atoms with Crippen molar-refractivity contribution in [3.63, 3.8) is 0 Å². The molecular weight excluding hydrogens is 218 g/mol. The Balaban J connectivity index is 2.83. The fraction of sp³-hybridized carbons (Fsp3) is 0.538. The maximum Gasteiger partial charge on any atom is 0.161 e. The molecule has 4 heteroatoms. The van der Waals surface area contributed by atoms with Gasteiger partial charge < -0.3 is 20.3 Å². The van der Waals surface area contributed by atoms with Gasteiger partial charge in [0.25, 0.3) is 0 Å². The van der Waals surface area contributed by atoms with Gasteiger partial charge in [0.15, 0.2) is 11.5 Å². The van der Waals surface area contributed by atoms with Crippen molar-refractivity contribution in [3.8, 4) is 11.5 Å². The highest BCUT2D eigenvalue weighted by atomic mass is 16.5. The van der Waals surface area contributed by atoms with Crippen molar-refractivity contribution in [1.82, 2.24) is 0 Å². The van der Waals surface area contributed by atoms with Crippen LogP contribution in [0.5, 0.6) is 11.5 Å². The Labute approximate surface area is 102 Å². The van der Waals surface area contributed by atoms with Crippen molar-refractivity contribution >= 4 is 0 Å². The number of aliphatic hydroxyl groups is 1. The van der Waals surface area contributed by atoms with Crippen LogP contribution in [0.25, 0.3) is 0 Å². The number of hydrogen-bond acceptors (Lipinski definition) is 4. The van der Waals surface area contributed by atoms with Crippen LogP contribution in [0.2, 0.25) is 0 Å². The largest absolute Gasteiger partial charge is 0.493 e. The lowest BCUT2D eigenvalue weighted by molar-refractivity contribution is 0.279. The lowest BCUT2D eigenvalue weighted by Gasteiger charge is -2.15. The molecule has 0 saturated heterocycles. The molecule has 3 N–H and O–H groups in total. The number of rotatable bonds is 7. The first-order valence-corrected chi connectivity index (χ1v) is 5.90. The van der Waals surface area contributed by atoms with Gasteiger partial charge in [-0.05, 0) is 37.5 Å². The lowest BCUT2D eigenvalue weighted by atomic mass is 10.0. The van der Waals surface area contributed by atoms with E-state index in [4.69, 9.17) is 20.3 Å². The molecule has 0 amide bonds. The van der Waals surface area contributed by atoms with Crippen molar-refractivity contribution in [2.24, 2.45) is 5.73 Å². The van der Waals surface area contributed by atoms with E-state index in [-0.39, 0.29) is 12.6 Å². The first-order valence-electron chi connectivity index (χ1n) is 5.90. The van der Waals surface area contributed by atoms with Crippen molar-refractivity contribution < 1.29 is 14.6 Å². The molecule has 0 aromatic heterocycles. The summed E-state index contributed by atoms with van der Waals surface area (Å²) in [5.74, 6) is 1.43. The summed E-state index contributed by atoms with van der Waals surface area (Å²) in [6.07, 6.45) is 1.46. The van der Waals surface area contributed by atoms with E-state index >= 15 is 0 Å². The second kappa shape index (κ2) is 7.14. The maximum absolute atomic E-state index is 8.78. The highest BCUT2D eigenvalue weighted by Gasteiger charge is 2.10. The minimum Gasteiger partial charge on any atom is -0.493 e. The molecule has 1 rings (SSSR count). The van der Waals surface area contributed by atoms with Gasteiger partial charge in [0.1, 0.15) is 0 Å². The van der Waals surface area contributed by atoms with Crippen LogP contribution >= 0.6 is 0 Å². The zero-order valence-corrected chi connectivity index (χ0v) is 10.5. The smallest absolute Gasteiger partial charge is 0.161 e. The first kappa shape index (κ1) is 13.8. The van der Waals surface area contributed by atoms with E-state index in [0.29, 0.717) is 24.5 Å². The van der Waals surface area contributed by atoms with Gasteiger partial charge in [-0.1, -0.05) is 6.07 Å². The quantitative estimate of drug-likeness (QED) is 0.762. The van der Waals surface area contributed by atoms with Gasteiger partial charge in [-0.25, -0.2) is 0 Å². The summed E-state index contributed by atoms with van der Waals surface area (Å²) in [6, 6.07) is 5.62. The SMILES string of the molecule is CCOc1cc([C@@H](N)CCCO)ccc1OC. The summed E-state index contributed by atoms with van der Waals surface area (Å²) in [4.78, 5) is 0. The third-order valence-electron chi connectivity index (χ3n) is 2.59. The molecule has 0 saturated carbocycles. The van der Waals surface area contributed by atoms with E-state index < -0.39 is 0 Å². The average molecular weight is 239 g/mol. The van der Waals surface area contributed by atoms with E-state index in [1.54, 1.807) is 7.11 Å². The molecule has 1 aromatic carbocycles. The first-order chi connectivity index (χ1) is 8.22. The molecular formula is C13H21NO3. The van der Waals surface area contributed by atoms with Crippen LogP contribution in [-0.4, -0.2) is 25.4 Å². The minimum atomic E-state index is -0.0766. The third kappa shape index (κ3) is 3.91. The summed E-state index contributed by atoms with van der Waals surface area (Å²) in [6.45, 7) is 2.69. The fourth-order valence-electron chi connectivity index (χ4n) is 1.67. The van der Waals surface area contributed by atoms with Crippen LogP contribution in [0.15, 0.2) is 18.2 Å². The van der Waals surface area contributed by atoms with Gasteiger partial charge in [0.2, 0.25) is 0 Å². The van der Waals surface area contributed by atoms with Crippen LogP contribution in [0, 0.1) is 0 Å². The number of aliphatic hydroxyl groups excluding tert-OH is 1. The highest BCUT2D eigenvalue weighted by Crippen LogP contribution is 2.30. The number of methoxy groups -OCH3 is 1. The summed E-state index contributed by atoms with van der Waals surface area (Å²) >= 11 is 0. The number of ether oxygens (including phenoxy) is 2. The molecule has 0 aliphatic carbocycles. The molecule has 0 aliphatic heterocycles. The van der Waals surface area contributed by atoms with Crippen molar-refractivity contribution in [2.75, 3.05) is 20.3 Å². The van der Waals surface area contributed by atoms with E-state index in [0.717, 1.165) is 12.0 Å². The number of benzene rings is 1. The molecule has 1 aromatic rings. The minimum absolute atomic E-state index is 0.0766. The third-order valence-corrected chi connectivity index (χ3v) is 2.59. The molecule has 0 fully saturated rings. The summed E-state index contributed by atoms with van der Waals surface area (Å²) < 4.78 is 10.7. The Kier molecular flexibility index (Phi) is 5.80. The van der Waals surface area contributed by atoms with Gasteiger partial charge in [-0.3, -0.25) is 0 Å². The number of nitrogens with two attached hydrogens (primary N) is 1. The second-order valence-corrected chi connectivity index (χ2v) is 3.82. The van der Waals surface area contributed by atoms with Gasteiger partial charge in [0, 0.05) is 12.6 Å². The Morgan fingerprint density at radius 3 is 2.71 bits per heavy atom. The number of hydrogen-bond donors (Lipinski definition) is 2. The standard InChI is InChI=1S/C13H21NO3/c1-3-17-13-9-10(6-7-12(13)16-2)11(14)5-4-8-15/h6-7,9,11,15H,3-5,8,14H2,1-2H3/t11-/m0/s1. The van der Waals surface area contributed by atoms with E-state index in [1.807, 2.05) is 25.1 Å². The van der Waals surface area contributed by atoms with Crippen molar-refractivity contribution in [3.05, 3.63) is 23.8 Å². The highest BCUT2D eigenvalue weighted by molar-refractivity contribution is 5.43. The molecule has 0 unspecified atom stereocenters. The van der Waals surface area contributed by atoms with E-state index in [2.05, 4.69) is 0 Å². The normalized spacial score (nSPS) is 12.2. The summed E-state index contributed by atoms with van der Waals surface area (Å²) in [5, 5.41) is 8.78. The van der Waals surface area contributed by atoms with Crippen LogP contribution in [-0.2, 0) is 0 Å². The second-order valence-electron chi connectivity index (χ2n) is 3.82. The molecule has 0 aliphatic rings. The van der Waals surface area contributed by atoms with E-state index in [1.165, 1.54) is 0 Å². The Morgan fingerprint density at radius 2 is 2.12 bits per heavy atom. The topological polar surface area (TPSA) is 64.7 Å². The Hall–Kier alpha value is -1.26. The van der Waals surface area contributed by atoms with Crippen molar-refractivity contribution in [2.45, 2.75) is 25.8 Å². The Bertz CT molecular complexity index is 341. The molecule has 0 heterocycles. The fourth-order valence-corrected chi connectivity index (χ4v) is 1.67. The predicted octanol–water partition coefficient (Wildman–Crippen LogP) is 1.87. The van der Waals surface area contributed by atoms with Gasteiger partial charge in [-0.15, -0.1) is 0 Å². The molecule has 17 heavy (non-hydrogen) atoms. The lowest BCUT2D eigenvalue weighted by Crippen LogP contribution is -2.11. The Morgan fingerprint density at radius 1 is 1.35 bits per heavy atom. The maximum atomic E-state index is 8.78. The molecule has 96 valence electrons. The monoisotopic (exact) mass is 239 g/mol. The van der Waals surface area contributed by atoms with Crippen molar-refractivity contribution in [1.29, 1.82) is 0 Å². The zero-order valence-electron chi connectivity index (χ0n) is 10.5. The zero-order chi connectivity index (χ0) is 12.7. The summed E-state index contributed by atoms with van der Waals surface area (Å²) in [7, 11) is 1.61. The average Bonchev–Trinajstić information content (AvgIpc) is 2.36. The molecule has 0 spiro atoms. The van der Waals surface area contributed by atoms with E-state index in [9.17, 15) is 0 Å². The van der Waals surface area contributed by atoms with Crippen LogP contribution < -0.4 is 15.2 Å². The van der Waals surface area contributed by atoms with Crippen LogP contribution in [0.1, 0.15) is 31.4 Å².